The smallest absolute Gasteiger partial charge is 0.311 e. The molecular formula is C24H26N4O5S. The molecule has 178 valence electrons. The maximum Gasteiger partial charge on any atom is 0.311 e. The highest BCUT2D eigenvalue weighted by atomic mass is 32.1. The lowest BCUT2D eigenvalue weighted by molar-refractivity contribution is -0.142. The third-order valence-electron chi connectivity index (χ3n) is 4.44. The number of amides is 1. The van der Waals surface area contributed by atoms with Crippen molar-refractivity contribution in [1.82, 2.24) is 4.98 Å². The molecule has 1 heterocycles. The Morgan fingerprint density at radius 1 is 1.15 bits per heavy atom. The zero-order valence-electron chi connectivity index (χ0n) is 19.2. The van der Waals surface area contributed by atoms with E-state index in [2.05, 4.69) is 20.8 Å². The van der Waals surface area contributed by atoms with Gasteiger partial charge in [0.05, 0.1) is 32.0 Å². The third kappa shape index (κ3) is 7.59. The quantitative estimate of drug-likeness (QED) is 0.241. The maximum atomic E-state index is 12.2. The van der Waals surface area contributed by atoms with Gasteiger partial charge in [0.1, 0.15) is 0 Å². The molecule has 0 radical (unpaired) electrons. The van der Waals surface area contributed by atoms with E-state index in [1.807, 2.05) is 31.2 Å². The van der Waals surface area contributed by atoms with Crippen LogP contribution in [0.15, 0.2) is 52.9 Å². The number of carbonyl (C=O) groups is 2. The number of hydrogen-bond acceptors (Lipinski definition) is 9. The van der Waals surface area contributed by atoms with Crippen LogP contribution < -0.4 is 20.2 Å². The Labute approximate surface area is 201 Å². The second kappa shape index (κ2) is 12.4. The van der Waals surface area contributed by atoms with Crippen LogP contribution in [0.4, 0.5) is 10.8 Å². The standard InChI is InChI=1S/C24H26N4O5S/c1-4-32-23(30)12-19-15-34-24(27-19)28-25-13-17-7-10-20(21(11-17)31-3)33-14-22(29)26-18-8-5-16(2)6-9-18/h5-11,13,15H,4,12,14H2,1-3H3,(H,26,29)(H,27,28). The summed E-state index contributed by atoms with van der Waals surface area (Å²) in [6, 6.07) is 12.8. The van der Waals surface area contributed by atoms with E-state index in [1.54, 1.807) is 36.7 Å². The van der Waals surface area contributed by atoms with Crippen molar-refractivity contribution in [3.63, 3.8) is 0 Å². The number of hydrogen-bond donors (Lipinski definition) is 2. The summed E-state index contributed by atoms with van der Waals surface area (Å²) in [5.74, 6) is 0.324. The van der Waals surface area contributed by atoms with Crippen LogP contribution in [-0.4, -0.2) is 43.4 Å². The number of thiazole rings is 1. The second-order valence-electron chi connectivity index (χ2n) is 7.11. The van der Waals surface area contributed by atoms with Crippen molar-refractivity contribution in [2.24, 2.45) is 5.10 Å². The number of esters is 1. The van der Waals surface area contributed by atoms with Gasteiger partial charge in [0.2, 0.25) is 5.13 Å². The number of aromatic nitrogens is 1. The summed E-state index contributed by atoms with van der Waals surface area (Å²) in [6.45, 7) is 3.93. The lowest BCUT2D eigenvalue weighted by Crippen LogP contribution is -2.20. The Hall–Kier alpha value is -3.92. The number of methoxy groups -OCH3 is 1. The lowest BCUT2D eigenvalue weighted by atomic mass is 10.2. The molecule has 3 rings (SSSR count). The maximum absolute atomic E-state index is 12.2. The number of hydrazone groups is 1. The minimum absolute atomic E-state index is 0.122. The molecule has 0 fully saturated rings. The van der Waals surface area contributed by atoms with E-state index in [1.165, 1.54) is 18.4 Å². The Kier molecular flexibility index (Phi) is 8.98. The molecule has 1 aromatic heterocycles. The fourth-order valence-corrected chi connectivity index (χ4v) is 3.48. The molecule has 3 aromatic rings. The van der Waals surface area contributed by atoms with Gasteiger partial charge in [-0.15, -0.1) is 11.3 Å². The van der Waals surface area contributed by atoms with Crippen LogP contribution in [0.3, 0.4) is 0 Å². The largest absolute Gasteiger partial charge is 0.493 e. The van der Waals surface area contributed by atoms with Crippen LogP contribution in [0.5, 0.6) is 11.5 Å². The first kappa shape index (κ1) is 24.7. The highest BCUT2D eigenvalue weighted by Gasteiger charge is 2.10. The molecule has 0 unspecified atom stereocenters. The van der Waals surface area contributed by atoms with Gasteiger partial charge in [-0.25, -0.2) is 4.98 Å². The predicted octanol–water partition coefficient (Wildman–Crippen LogP) is 4.03. The van der Waals surface area contributed by atoms with E-state index in [9.17, 15) is 9.59 Å². The number of benzene rings is 2. The average molecular weight is 483 g/mol. The number of ether oxygens (including phenoxy) is 3. The van der Waals surface area contributed by atoms with E-state index in [0.717, 1.165) is 11.1 Å². The molecule has 0 aliphatic rings. The lowest BCUT2D eigenvalue weighted by Gasteiger charge is -2.11. The minimum Gasteiger partial charge on any atom is -0.493 e. The Morgan fingerprint density at radius 2 is 1.94 bits per heavy atom. The number of carbonyl (C=O) groups excluding carboxylic acids is 2. The van der Waals surface area contributed by atoms with Crippen LogP contribution in [0, 0.1) is 6.92 Å². The van der Waals surface area contributed by atoms with Gasteiger partial charge in [-0.05, 0) is 49.7 Å². The molecule has 0 aliphatic heterocycles. The fourth-order valence-electron chi connectivity index (χ4n) is 2.82. The van der Waals surface area contributed by atoms with Gasteiger partial charge in [-0.2, -0.15) is 5.10 Å². The Morgan fingerprint density at radius 3 is 2.68 bits per heavy atom. The van der Waals surface area contributed by atoms with Crippen LogP contribution >= 0.6 is 11.3 Å². The Bertz CT molecular complexity index is 1140. The van der Waals surface area contributed by atoms with Crippen molar-refractivity contribution in [2.45, 2.75) is 20.3 Å². The summed E-state index contributed by atoms with van der Waals surface area (Å²) in [5, 5.41) is 9.29. The zero-order chi connectivity index (χ0) is 24.3. The van der Waals surface area contributed by atoms with Crippen LogP contribution in [0.1, 0.15) is 23.7 Å². The first-order valence-corrected chi connectivity index (χ1v) is 11.4. The van der Waals surface area contributed by atoms with Crippen LogP contribution in [-0.2, 0) is 20.7 Å². The molecule has 2 N–H and O–H groups in total. The van der Waals surface area contributed by atoms with Gasteiger partial charge in [0.25, 0.3) is 5.91 Å². The molecule has 2 aromatic carbocycles. The van der Waals surface area contributed by atoms with Crippen molar-refractivity contribution < 1.29 is 23.8 Å². The van der Waals surface area contributed by atoms with Gasteiger partial charge in [0, 0.05) is 11.1 Å². The minimum atomic E-state index is -0.315. The summed E-state index contributed by atoms with van der Waals surface area (Å²) < 4.78 is 15.9. The van der Waals surface area contributed by atoms with Gasteiger partial charge in [-0.1, -0.05) is 17.7 Å². The molecule has 0 atom stereocenters. The Balaban J connectivity index is 1.52. The van der Waals surface area contributed by atoms with Gasteiger partial charge in [-0.3, -0.25) is 15.0 Å². The molecule has 0 spiro atoms. The van der Waals surface area contributed by atoms with Crippen molar-refractivity contribution in [1.29, 1.82) is 0 Å². The molecule has 34 heavy (non-hydrogen) atoms. The van der Waals surface area contributed by atoms with E-state index >= 15 is 0 Å². The topological polar surface area (TPSA) is 111 Å². The summed E-state index contributed by atoms with van der Waals surface area (Å²) in [6.07, 6.45) is 1.72. The van der Waals surface area contributed by atoms with Crippen molar-refractivity contribution in [3.8, 4) is 11.5 Å². The predicted molar refractivity (Wildman–Crippen MR) is 132 cm³/mol. The molecule has 10 heteroatoms. The highest BCUT2D eigenvalue weighted by Crippen LogP contribution is 2.27. The first-order chi connectivity index (χ1) is 16.5. The molecular weight excluding hydrogens is 456 g/mol. The number of nitrogens with zero attached hydrogens (tertiary/aromatic N) is 2. The number of rotatable bonds is 11. The normalized spacial score (nSPS) is 10.7. The van der Waals surface area contributed by atoms with Gasteiger partial charge < -0.3 is 19.5 Å². The summed E-state index contributed by atoms with van der Waals surface area (Å²) in [7, 11) is 1.52. The fraction of sp³-hybridized carbons (Fsp3) is 0.250. The van der Waals surface area contributed by atoms with Crippen molar-refractivity contribution >= 4 is 40.2 Å². The zero-order valence-corrected chi connectivity index (χ0v) is 20.0. The van der Waals surface area contributed by atoms with E-state index in [-0.39, 0.29) is 24.9 Å². The van der Waals surface area contributed by atoms with Crippen LogP contribution in [0.2, 0.25) is 0 Å². The summed E-state index contributed by atoms with van der Waals surface area (Å²) in [5.41, 5.74) is 6.03. The van der Waals surface area contributed by atoms with Gasteiger partial charge >= 0.3 is 5.97 Å². The number of anilines is 2. The van der Waals surface area contributed by atoms with E-state index in [0.29, 0.717) is 34.6 Å². The molecule has 9 nitrogen and oxygen atoms in total. The highest BCUT2D eigenvalue weighted by molar-refractivity contribution is 7.13. The van der Waals surface area contributed by atoms with Crippen molar-refractivity contribution in [2.75, 3.05) is 31.1 Å². The molecule has 1 amide bonds. The third-order valence-corrected chi connectivity index (χ3v) is 5.23. The molecule has 0 aliphatic carbocycles. The molecule has 0 saturated heterocycles. The monoisotopic (exact) mass is 482 g/mol. The first-order valence-electron chi connectivity index (χ1n) is 10.5. The van der Waals surface area contributed by atoms with Crippen molar-refractivity contribution in [3.05, 3.63) is 64.7 Å². The summed E-state index contributed by atoms with van der Waals surface area (Å²) >= 11 is 1.34. The number of nitrogens with one attached hydrogen (secondary N) is 2. The molecule has 0 saturated carbocycles. The summed E-state index contributed by atoms with van der Waals surface area (Å²) in [4.78, 5) is 28.0. The number of aryl methyl sites for hydroxylation is 1. The van der Waals surface area contributed by atoms with Gasteiger partial charge in [0.15, 0.2) is 18.1 Å². The van der Waals surface area contributed by atoms with E-state index < -0.39 is 0 Å². The molecule has 0 bridgehead atoms. The average Bonchev–Trinajstić information content (AvgIpc) is 3.26. The van der Waals surface area contributed by atoms with Crippen LogP contribution in [0.25, 0.3) is 0 Å². The van der Waals surface area contributed by atoms with E-state index in [4.69, 9.17) is 14.2 Å². The SMILES string of the molecule is CCOC(=O)Cc1csc(NN=Cc2ccc(OCC(=O)Nc3ccc(C)cc3)c(OC)c2)n1. The second-order valence-corrected chi connectivity index (χ2v) is 7.97.